The molecule has 0 spiro atoms. The predicted molar refractivity (Wildman–Crippen MR) is 78.3 cm³/mol. The van der Waals surface area contributed by atoms with Crippen molar-refractivity contribution in [2.45, 2.75) is 33.3 Å². The average molecular weight is 264 g/mol. The first-order valence-corrected chi connectivity index (χ1v) is 6.62. The number of benzene rings is 1. The van der Waals surface area contributed by atoms with Crippen LogP contribution in [0.25, 0.3) is 0 Å². The lowest BCUT2D eigenvalue weighted by Gasteiger charge is -2.17. The molecule has 0 aliphatic rings. The maximum Gasteiger partial charge on any atom is 0.238 e. The number of nitrogens with one attached hydrogen (secondary N) is 1. The molecule has 0 aliphatic carbocycles. The highest BCUT2D eigenvalue weighted by Gasteiger charge is 2.08. The molecule has 1 atom stereocenters. The molecule has 4 heteroatoms. The molecule has 1 unspecified atom stereocenters. The second-order valence-electron chi connectivity index (χ2n) is 5.22. The van der Waals surface area contributed by atoms with Gasteiger partial charge >= 0.3 is 0 Å². The highest BCUT2D eigenvalue weighted by molar-refractivity contribution is 5.92. The maximum absolute atomic E-state index is 11.8. The van der Waals surface area contributed by atoms with Crippen LogP contribution in [0.2, 0.25) is 0 Å². The fourth-order valence-electron chi connectivity index (χ4n) is 1.75. The Hall–Kier alpha value is -1.39. The van der Waals surface area contributed by atoms with E-state index in [1.165, 1.54) is 11.1 Å². The van der Waals surface area contributed by atoms with E-state index in [0.717, 1.165) is 5.69 Å². The first-order valence-electron chi connectivity index (χ1n) is 6.62. The van der Waals surface area contributed by atoms with Crippen molar-refractivity contribution in [2.75, 3.05) is 25.5 Å². The minimum Gasteiger partial charge on any atom is -0.393 e. The number of carbonyl (C=O) groups is 1. The molecule has 1 amide bonds. The number of aliphatic hydroxyl groups excluding tert-OH is 1. The van der Waals surface area contributed by atoms with Crippen molar-refractivity contribution < 1.29 is 9.90 Å². The van der Waals surface area contributed by atoms with Crippen molar-refractivity contribution in [3.8, 4) is 0 Å². The summed E-state index contributed by atoms with van der Waals surface area (Å²) in [5.74, 6) is -0.0312. The molecule has 0 aliphatic heterocycles. The smallest absolute Gasteiger partial charge is 0.238 e. The van der Waals surface area contributed by atoms with E-state index in [-0.39, 0.29) is 12.0 Å². The van der Waals surface area contributed by atoms with Gasteiger partial charge in [-0.25, -0.2) is 0 Å². The summed E-state index contributed by atoms with van der Waals surface area (Å²) in [4.78, 5) is 13.8. The van der Waals surface area contributed by atoms with Crippen molar-refractivity contribution in [3.63, 3.8) is 0 Å². The Balaban J connectivity index is 2.44. The first-order chi connectivity index (χ1) is 8.88. The Morgan fingerprint density at radius 3 is 2.63 bits per heavy atom. The van der Waals surface area contributed by atoms with Crippen LogP contribution < -0.4 is 5.32 Å². The molecule has 0 fully saturated rings. The Labute approximate surface area is 115 Å². The molecular formula is C15H24N2O2. The standard InChI is InChI=1S/C15H24N2O2/c1-11-5-6-14(9-12(11)2)16-15(19)10-17(4)8-7-13(3)18/h5-6,9,13,18H,7-8,10H2,1-4H3,(H,16,19). The van der Waals surface area contributed by atoms with Gasteiger partial charge in [-0.3, -0.25) is 9.69 Å². The molecule has 19 heavy (non-hydrogen) atoms. The molecule has 0 saturated heterocycles. The van der Waals surface area contributed by atoms with E-state index in [1.54, 1.807) is 6.92 Å². The molecule has 0 heterocycles. The number of aryl methyl sites for hydroxylation is 2. The number of aliphatic hydroxyl groups is 1. The number of hydrogen-bond donors (Lipinski definition) is 2. The van der Waals surface area contributed by atoms with Crippen molar-refractivity contribution >= 4 is 11.6 Å². The van der Waals surface area contributed by atoms with Crippen LogP contribution >= 0.6 is 0 Å². The van der Waals surface area contributed by atoms with Gasteiger partial charge in [0, 0.05) is 12.2 Å². The summed E-state index contributed by atoms with van der Waals surface area (Å²) in [5.41, 5.74) is 3.21. The third kappa shape index (κ3) is 5.85. The molecule has 1 aromatic carbocycles. The van der Waals surface area contributed by atoms with Crippen LogP contribution in [-0.4, -0.2) is 42.2 Å². The Bertz CT molecular complexity index is 430. The summed E-state index contributed by atoms with van der Waals surface area (Å²) < 4.78 is 0. The third-order valence-corrected chi connectivity index (χ3v) is 3.13. The van der Waals surface area contributed by atoms with Crippen LogP contribution in [0.4, 0.5) is 5.69 Å². The molecule has 0 bridgehead atoms. The van der Waals surface area contributed by atoms with Gasteiger partial charge in [-0.1, -0.05) is 6.07 Å². The van der Waals surface area contributed by atoms with E-state index in [1.807, 2.05) is 44.0 Å². The van der Waals surface area contributed by atoms with Crippen molar-refractivity contribution in [3.05, 3.63) is 29.3 Å². The largest absolute Gasteiger partial charge is 0.393 e. The Kier molecular flexibility index (Phi) is 5.99. The van der Waals surface area contributed by atoms with Gasteiger partial charge < -0.3 is 10.4 Å². The number of likely N-dealkylation sites (N-methyl/N-ethyl adjacent to an activating group) is 1. The fraction of sp³-hybridized carbons (Fsp3) is 0.533. The van der Waals surface area contributed by atoms with Gasteiger partial charge in [0.2, 0.25) is 5.91 Å². The van der Waals surface area contributed by atoms with Crippen molar-refractivity contribution in [1.29, 1.82) is 0 Å². The summed E-state index contributed by atoms with van der Waals surface area (Å²) >= 11 is 0. The summed E-state index contributed by atoms with van der Waals surface area (Å²) in [7, 11) is 1.88. The SMILES string of the molecule is Cc1ccc(NC(=O)CN(C)CCC(C)O)cc1C. The van der Waals surface area contributed by atoms with Crippen LogP contribution in [0.15, 0.2) is 18.2 Å². The van der Waals surface area contributed by atoms with Crippen LogP contribution in [0.3, 0.4) is 0 Å². The number of hydrogen-bond acceptors (Lipinski definition) is 3. The van der Waals surface area contributed by atoms with E-state index in [2.05, 4.69) is 5.32 Å². The molecule has 1 aromatic rings. The van der Waals surface area contributed by atoms with E-state index in [0.29, 0.717) is 19.5 Å². The Morgan fingerprint density at radius 1 is 1.37 bits per heavy atom. The van der Waals surface area contributed by atoms with Gasteiger partial charge in [0.05, 0.1) is 12.6 Å². The second-order valence-corrected chi connectivity index (χ2v) is 5.22. The first kappa shape index (κ1) is 15.7. The highest BCUT2D eigenvalue weighted by atomic mass is 16.3. The van der Waals surface area contributed by atoms with Crippen LogP contribution in [-0.2, 0) is 4.79 Å². The van der Waals surface area contributed by atoms with Crippen LogP contribution in [0, 0.1) is 13.8 Å². The highest BCUT2D eigenvalue weighted by Crippen LogP contribution is 2.13. The molecule has 1 rings (SSSR count). The molecule has 4 nitrogen and oxygen atoms in total. The molecule has 106 valence electrons. The topological polar surface area (TPSA) is 52.6 Å². The number of anilines is 1. The minimum absolute atomic E-state index is 0.0312. The fourth-order valence-corrected chi connectivity index (χ4v) is 1.75. The van der Waals surface area contributed by atoms with Gasteiger partial charge in [0.25, 0.3) is 0 Å². The monoisotopic (exact) mass is 264 g/mol. The number of amides is 1. The van der Waals surface area contributed by atoms with E-state index in [9.17, 15) is 9.90 Å². The molecular weight excluding hydrogens is 240 g/mol. The van der Waals surface area contributed by atoms with E-state index >= 15 is 0 Å². The number of rotatable bonds is 6. The molecule has 2 N–H and O–H groups in total. The van der Waals surface area contributed by atoms with Gasteiger partial charge in [0.15, 0.2) is 0 Å². The second kappa shape index (κ2) is 7.26. The normalized spacial score (nSPS) is 12.5. The Morgan fingerprint density at radius 2 is 2.05 bits per heavy atom. The molecule has 0 saturated carbocycles. The van der Waals surface area contributed by atoms with Crippen molar-refractivity contribution in [1.82, 2.24) is 4.90 Å². The van der Waals surface area contributed by atoms with E-state index < -0.39 is 0 Å². The van der Waals surface area contributed by atoms with Crippen molar-refractivity contribution in [2.24, 2.45) is 0 Å². The number of carbonyl (C=O) groups excluding carboxylic acids is 1. The summed E-state index contributed by atoms with van der Waals surface area (Å²) in [5, 5.41) is 12.1. The predicted octanol–water partition coefficient (Wildman–Crippen LogP) is 1.94. The number of nitrogens with zero attached hydrogens (tertiary/aromatic N) is 1. The lowest BCUT2D eigenvalue weighted by atomic mass is 10.1. The van der Waals surface area contributed by atoms with Gasteiger partial charge in [-0.05, 0) is 57.5 Å². The van der Waals surface area contributed by atoms with Crippen LogP contribution in [0.5, 0.6) is 0 Å². The van der Waals surface area contributed by atoms with Gasteiger partial charge in [-0.15, -0.1) is 0 Å². The van der Waals surface area contributed by atoms with Crippen LogP contribution in [0.1, 0.15) is 24.5 Å². The lowest BCUT2D eigenvalue weighted by molar-refractivity contribution is -0.117. The maximum atomic E-state index is 11.8. The third-order valence-electron chi connectivity index (χ3n) is 3.13. The van der Waals surface area contributed by atoms with E-state index in [4.69, 9.17) is 0 Å². The molecule has 0 aromatic heterocycles. The quantitative estimate of drug-likeness (QED) is 0.825. The van der Waals surface area contributed by atoms with Gasteiger partial charge in [-0.2, -0.15) is 0 Å². The average Bonchev–Trinajstić information content (AvgIpc) is 2.31. The zero-order valence-corrected chi connectivity index (χ0v) is 12.2. The molecule has 0 radical (unpaired) electrons. The minimum atomic E-state index is -0.328. The summed E-state index contributed by atoms with van der Waals surface area (Å²) in [6, 6.07) is 5.89. The summed E-state index contributed by atoms with van der Waals surface area (Å²) in [6.45, 7) is 6.87. The zero-order valence-electron chi connectivity index (χ0n) is 12.2. The lowest BCUT2D eigenvalue weighted by Crippen LogP contribution is -2.32. The summed E-state index contributed by atoms with van der Waals surface area (Å²) in [6.07, 6.45) is 0.346. The zero-order chi connectivity index (χ0) is 14.4. The van der Waals surface area contributed by atoms with Gasteiger partial charge in [0.1, 0.15) is 0 Å².